The van der Waals surface area contributed by atoms with Gasteiger partial charge >= 0.3 is 0 Å². The molecule has 0 radical (unpaired) electrons. The molecule has 1 unspecified atom stereocenters. The van der Waals surface area contributed by atoms with Gasteiger partial charge in [-0.1, -0.05) is 13.0 Å². The summed E-state index contributed by atoms with van der Waals surface area (Å²) in [5, 5.41) is 9.32. The van der Waals surface area contributed by atoms with Gasteiger partial charge in [-0.05, 0) is 38.0 Å². The number of aliphatic imine (C=N–C) groups is 1. The number of fused-ring (bicyclic) bond motifs is 1. The first kappa shape index (κ1) is 18.9. The average Bonchev–Trinajstić information content (AvgIpc) is 3.07. The van der Waals surface area contributed by atoms with Crippen molar-refractivity contribution in [2.24, 2.45) is 4.99 Å². The monoisotopic (exact) mass is 348 g/mol. The lowest BCUT2D eigenvalue weighted by Crippen LogP contribution is -2.40. The third-order valence-electron chi connectivity index (χ3n) is 3.87. The molecule has 1 aliphatic rings. The van der Waals surface area contributed by atoms with Crippen molar-refractivity contribution < 1.29 is 14.3 Å². The second-order valence-corrected chi connectivity index (χ2v) is 5.94. The summed E-state index contributed by atoms with van der Waals surface area (Å²) in [7, 11) is 0. The van der Waals surface area contributed by atoms with Crippen LogP contribution in [-0.2, 0) is 11.3 Å². The van der Waals surface area contributed by atoms with Gasteiger partial charge in [0.15, 0.2) is 17.5 Å². The molecule has 7 nitrogen and oxygen atoms in total. The quantitative estimate of drug-likeness (QED) is 0.493. The Balaban J connectivity index is 1.82. The minimum Gasteiger partial charge on any atom is -0.454 e. The van der Waals surface area contributed by atoms with Crippen LogP contribution in [0.2, 0.25) is 0 Å². The third kappa shape index (κ3) is 6.17. The third-order valence-corrected chi connectivity index (χ3v) is 3.87. The van der Waals surface area contributed by atoms with Crippen molar-refractivity contribution in [2.45, 2.75) is 46.2 Å². The normalized spacial score (nSPS) is 14.1. The molecule has 0 spiro atoms. The van der Waals surface area contributed by atoms with Gasteiger partial charge < -0.3 is 25.4 Å². The molecule has 1 aliphatic heterocycles. The maximum atomic E-state index is 11.8. The SMILES string of the molecule is CCNC(=NCc1ccc2c(c1)OCO2)NCCC(=O)NC(C)CC. The molecule has 0 aliphatic carbocycles. The van der Waals surface area contributed by atoms with Crippen LogP contribution in [0.15, 0.2) is 23.2 Å². The van der Waals surface area contributed by atoms with Gasteiger partial charge in [0.1, 0.15) is 0 Å². The van der Waals surface area contributed by atoms with Crippen LogP contribution in [0.3, 0.4) is 0 Å². The van der Waals surface area contributed by atoms with E-state index in [4.69, 9.17) is 9.47 Å². The average molecular weight is 348 g/mol. The largest absolute Gasteiger partial charge is 0.454 e. The number of ether oxygens (including phenoxy) is 2. The fourth-order valence-electron chi connectivity index (χ4n) is 2.29. The van der Waals surface area contributed by atoms with Gasteiger partial charge in [-0.3, -0.25) is 4.79 Å². The second kappa shape index (κ2) is 9.76. The zero-order valence-electron chi connectivity index (χ0n) is 15.2. The molecule has 2 rings (SSSR count). The number of guanidine groups is 1. The van der Waals surface area contributed by atoms with E-state index in [9.17, 15) is 4.79 Å². The van der Waals surface area contributed by atoms with E-state index in [1.165, 1.54) is 0 Å². The van der Waals surface area contributed by atoms with Gasteiger partial charge in [-0.15, -0.1) is 0 Å². The smallest absolute Gasteiger partial charge is 0.231 e. The minimum absolute atomic E-state index is 0.0495. The van der Waals surface area contributed by atoms with Gasteiger partial charge in [0.05, 0.1) is 6.54 Å². The van der Waals surface area contributed by atoms with Crippen LogP contribution in [0.1, 0.15) is 39.2 Å². The summed E-state index contributed by atoms with van der Waals surface area (Å²) in [5.74, 6) is 2.27. The van der Waals surface area contributed by atoms with Crippen LogP contribution in [0.25, 0.3) is 0 Å². The number of carbonyl (C=O) groups is 1. The molecule has 7 heteroatoms. The summed E-state index contributed by atoms with van der Waals surface area (Å²) in [6, 6.07) is 6.02. The topological polar surface area (TPSA) is 84.0 Å². The van der Waals surface area contributed by atoms with Crippen molar-refractivity contribution in [3.05, 3.63) is 23.8 Å². The highest BCUT2D eigenvalue weighted by Gasteiger charge is 2.13. The molecule has 1 aromatic rings. The number of nitrogens with zero attached hydrogens (tertiary/aromatic N) is 1. The van der Waals surface area contributed by atoms with Gasteiger partial charge in [0.25, 0.3) is 0 Å². The van der Waals surface area contributed by atoms with Gasteiger partial charge in [-0.2, -0.15) is 0 Å². The predicted molar refractivity (Wildman–Crippen MR) is 97.9 cm³/mol. The van der Waals surface area contributed by atoms with Crippen molar-refractivity contribution in [1.82, 2.24) is 16.0 Å². The number of hydrogen-bond acceptors (Lipinski definition) is 4. The Hall–Kier alpha value is -2.44. The van der Waals surface area contributed by atoms with E-state index >= 15 is 0 Å². The second-order valence-electron chi connectivity index (χ2n) is 5.94. The summed E-state index contributed by atoms with van der Waals surface area (Å²) < 4.78 is 10.7. The number of benzene rings is 1. The number of amides is 1. The van der Waals surface area contributed by atoms with Crippen LogP contribution < -0.4 is 25.4 Å². The van der Waals surface area contributed by atoms with Crippen molar-refractivity contribution in [2.75, 3.05) is 19.9 Å². The van der Waals surface area contributed by atoms with E-state index in [1.807, 2.05) is 32.0 Å². The fourth-order valence-corrected chi connectivity index (χ4v) is 2.29. The van der Waals surface area contributed by atoms with E-state index < -0.39 is 0 Å². The molecule has 138 valence electrons. The predicted octanol–water partition coefficient (Wildman–Crippen LogP) is 1.78. The van der Waals surface area contributed by atoms with Crippen LogP contribution in [-0.4, -0.2) is 37.8 Å². The first-order valence-electron chi connectivity index (χ1n) is 8.82. The Morgan fingerprint density at radius 2 is 2.04 bits per heavy atom. The molecule has 25 heavy (non-hydrogen) atoms. The van der Waals surface area contributed by atoms with Crippen molar-refractivity contribution in [1.29, 1.82) is 0 Å². The Labute approximate surface area is 149 Å². The molecule has 0 aromatic heterocycles. The standard InChI is InChI=1S/C18H28N4O3/c1-4-13(3)22-17(23)8-9-20-18(19-5-2)21-11-14-6-7-15-16(10-14)25-12-24-15/h6-7,10,13H,4-5,8-9,11-12H2,1-3H3,(H,22,23)(H2,19,20,21). The number of rotatable bonds is 8. The van der Waals surface area contributed by atoms with Crippen LogP contribution in [0.4, 0.5) is 0 Å². The summed E-state index contributed by atoms with van der Waals surface area (Å²) in [5.41, 5.74) is 1.04. The lowest BCUT2D eigenvalue weighted by molar-refractivity contribution is -0.121. The number of nitrogens with one attached hydrogen (secondary N) is 3. The molecule has 3 N–H and O–H groups in total. The Kier molecular flexibility index (Phi) is 7.37. The molecule has 0 saturated carbocycles. The minimum atomic E-state index is 0.0495. The van der Waals surface area contributed by atoms with E-state index in [0.717, 1.165) is 30.0 Å². The number of hydrogen-bond donors (Lipinski definition) is 3. The summed E-state index contributed by atoms with van der Waals surface area (Å²) in [4.78, 5) is 16.4. The molecule has 1 heterocycles. The molecule has 1 atom stereocenters. The van der Waals surface area contributed by atoms with Crippen molar-refractivity contribution in [3.63, 3.8) is 0 Å². The Bertz CT molecular complexity index is 604. The van der Waals surface area contributed by atoms with Crippen LogP contribution in [0, 0.1) is 0 Å². The Morgan fingerprint density at radius 1 is 1.24 bits per heavy atom. The maximum absolute atomic E-state index is 11.8. The zero-order valence-corrected chi connectivity index (χ0v) is 15.2. The fraction of sp³-hybridized carbons (Fsp3) is 0.556. The van der Waals surface area contributed by atoms with Gasteiger partial charge in [0.2, 0.25) is 12.7 Å². The lowest BCUT2D eigenvalue weighted by atomic mass is 10.2. The van der Waals surface area contributed by atoms with E-state index in [1.54, 1.807) is 0 Å². The molecule has 1 amide bonds. The van der Waals surface area contributed by atoms with Crippen LogP contribution in [0.5, 0.6) is 11.5 Å². The highest BCUT2D eigenvalue weighted by Crippen LogP contribution is 2.32. The molecule has 0 bridgehead atoms. The van der Waals surface area contributed by atoms with Crippen molar-refractivity contribution in [3.8, 4) is 11.5 Å². The molecule has 0 fully saturated rings. The highest BCUT2D eigenvalue weighted by molar-refractivity contribution is 5.81. The summed E-state index contributed by atoms with van der Waals surface area (Å²) in [6.07, 6.45) is 1.34. The first-order chi connectivity index (χ1) is 12.1. The van der Waals surface area contributed by atoms with Crippen molar-refractivity contribution >= 4 is 11.9 Å². The van der Waals surface area contributed by atoms with Gasteiger partial charge in [-0.25, -0.2) is 4.99 Å². The maximum Gasteiger partial charge on any atom is 0.231 e. The van der Waals surface area contributed by atoms with Gasteiger partial charge in [0, 0.05) is 25.6 Å². The zero-order chi connectivity index (χ0) is 18.1. The van der Waals surface area contributed by atoms with Crippen LogP contribution >= 0.6 is 0 Å². The number of carbonyl (C=O) groups excluding carboxylic acids is 1. The van der Waals surface area contributed by atoms with E-state index in [-0.39, 0.29) is 18.7 Å². The van der Waals surface area contributed by atoms with E-state index in [2.05, 4.69) is 27.9 Å². The summed E-state index contributed by atoms with van der Waals surface area (Å²) >= 11 is 0. The molecule has 0 saturated heterocycles. The van der Waals surface area contributed by atoms with E-state index in [0.29, 0.717) is 25.5 Å². The lowest BCUT2D eigenvalue weighted by Gasteiger charge is -2.13. The molecule has 1 aromatic carbocycles. The highest BCUT2D eigenvalue weighted by atomic mass is 16.7. The first-order valence-corrected chi connectivity index (χ1v) is 8.82. The Morgan fingerprint density at radius 3 is 2.80 bits per heavy atom. The molecular formula is C18H28N4O3. The summed E-state index contributed by atoms with van der Waals surface area (Å²) in [6.45, 7) is 8.14. The molecular weight excluding hydrogens is 320 g/mol.